The number of phosphoric ester groups is 3. The molecule has 3 rings (SSSR count). The number of aliphatic hydroxyl groups is 2. The van der Waals surface area contributed by atoms with Gasteiger partial charge >= 0.3 is 23.5 Å². The number of nitrogens with zero attached hydrogens (tertiary/aromatic N) is 4. The molecular formula is C35H56N7O17P3S. The second-order valence-electron chi connectivity index (χ2n) is 14.6. The van der Waals surface area contributed by atoms with Crippen molar-refractivity contribution >= 4 is 69.1 Å². The fourth-order valence-electron chi connectivity index (χ4n) is 5.59. The Morgan fingerprint density at radius 2 is 1.68 bits per heavy atom. The van der Waals surface area contributed by atoms with Crippen molar-refractivity contribution in [2.75, 3.05) is 37.8 Å². The molecule has 63 heavy (non-hydrogen) atoms. The summed E-state index contributed by atoms with van der Waals surface area (Å²) < 4.78 is 62.3. The predicted octanol–water partition coefficient (Wildman–Crippen LogP) is 2.69. The lowest BCUT2D eigenvalue weighted by molar-refractivity contribution is -0.137. The van der Waals surface area contributed by atoms with Crippen LogP contribution in [0.15, 0.2) is 49.1 Å². The van der Waals surface area contributed by atoms with E-state index in [1.807, 2.05) is 18.2 Å². The Bertz CT molecular complexity index is 2070. The summed E-state index contributed by atoms with van der Waals surface area (Å²) in [6, 6.07) is 0. The molecule has 0 aliphatic carbocycles. The zero-order valence-corrected chi connectivity index (χ0v) is 38.3. The average Bonchev–Trinajstić information content (AvgIpc) is 3.76. The first-order chi connectivity index (χ1) is 29.6. The third kappa shape index (κ3) is 19.0. The number of thioether (sulfide) groups is 1. The monoisotopic (exact) mass is 971 g/mol. The van der Waals surface area contributed by atoms with Gasteiger partial charge in [-0.1, -0.05) is 88.3 Å². The van der Waals surface area contributed by atoms with Gasteiger partial charge in [0.15, 0.2) is 22.8 Å². The van der Waals surface area contributed by atoms with E-state index in [4.69, 9.17) is 19.5 Å². The fourth-order valence-corrected chi connectivity index (χ4v) is 9.06. The minimum atomic E-state index is -5.58. The largest absolute Gasteiger partial charge is 0.481 e. The molecule has 0 saturated carbocycles. The fraction of sp³-hybridized carbons (Fsp3) is 0.600. The van der Waals surface area contributed by atoms with Crippen LogP contribution in [0, 0.1) is 5.41 Å². The lowest BCUT2D eigenvalue weighted by Gasteiger charge is -2.30. The number of amides is 2. The Hall–Kier alpha value is -3.22. The van der Waals surface area contributed by atoms with Crippen molar-refractivity contribution in [2.24, 2.45) is 5.41 Å². The van der Waals surface area contributed by atoms with Crippen LogP contribution in [0.5, 0.6) is 0 Å². The second kappa shape index (κ2) is 25.5. The van der Waals surface area contributed by atoms with Crippen LogP contribution < -0.4 is 16.4 Å². The number of allylic oxidation sites excluding steroid dienone is 6. The number of nitrogen functional groups attached to an aromatic ring is 1. The molecule has 10 N–H and O–H groups in total. The lowest BCUT2D eigenvalue weighted by Crippen LogP contribution is -2.46. The van der Waals surface area contributed by atoms with Crippen LogP contribution in [0.25, 0.3) is 11.2 Å². The van der Waals surface area contributed by atoms with Crippen LogP contribution >= 0.6 is 35.2 Å². The normalized spacial score (nSPS) is 21.0. The van der Waals surface area contributed by atoms with Crippen molar-refractivity contribution in [1.29, 1.82) is 0 Å². The quantitative estimate of drug-likeness (QED) is 0.0336. The highest BCUT2D eigenvalue weighted by Gasteiger charge is 2.50. The van der Waals surface area contributed by atoms with Crippen LogP contribution in [0.4, 0.5) is 5.82 Å². The number of fused-ring (bicyclic) bond motifs is 1. The minimum absolute atomic E-state index is 0.0298. The highest BCUT2D eigenvalue weighted by atomic mass is 32.2. The molecule has 2 amide bonds. The molecule has 24 nitrogen and oxygen atoms in total. The number of carbonyl (C=O) groups excluding carboxylic acids is 3. The van der Waals surface area contributed by atoms with E-state index < -0.39 is 84.6 Å². The van der Waals surface area contributed by atoms with Gasteiger partial charge in [0.2, 0.25) is 11.8 Å². The van der Waals surface area contributed by atoms with E-state index in [0.29, 0.717) is 5.75 Å². The number of hydrogen-bond donors (Lipinski definition) is 9. The number of nitrogens with two attached hydrogens (primary N) is 1. The molecule has 0 bridgehead atoms. The Balaban J connectivity index is 1.38. The number of anilines is 1. The van der Waals surface area contributed by atoms with Gasteiger partial charge in [-0.3, -0.25) is 32.5 Å². The molecule has 0 aromatic carbocycles. The van der Waals surface area contributed by atoms with Crippen molar-refractivity contribution in [3.8, 4) is 0 Å². The van der Waals surface area contributed by atoms with Crippen molar-refractivity contribution in [3.63, 3.8) is 0 Å². The van der Waals surface area contributed by atoms with Crippen LogP contribution in [-0.4, -0.2) is 123 Å². The maximum Gasteiger partial charge on any atom is 0.481 e. The third-order valence-corrected chi connectivity index (χ3v) is 12.9. The zero-order valence-electron chi connectivity index (χ0n) is 34.8. The Labute approximate surface area is 367 Å². The molecule has 1 aliphatic heterocycles. The number of unbranched alkanes of at least 4 members (excludes halogenated alkanes) is 4. The van der Waals surface area contributed by atoms with E-state index in [0.717, 1.165) is 35.4 Å². The molecular weight excluding hydrogens is 915 g/mol. The van der Waals surface area contributed by atoms with E-state index in [2.05, 4.69) is 47.4 Å². The summed E-state index contributed by atoms with van der Waals surface area (Å²) in [7, 11) is -16.4. The first-order valence-electron chi connectivity index (χ1n) is 19.6. The maximum atomic E-state index is 12.7. The molecule has 0 radical (unpaired) electrons. The lowest BCUT2D eigenvalue weighted by atomic mass is 9.87. The van der Waals surface area contributed by atoms with Crippen molar-refractivity contribution in [3.05, 3.63) is 49.1 Å². The van der Waals surface area contributed by atoms with Crippen LogP contribution in [0.1, 0.15) is 71.9 Å². The number of rotatable bonds is 28. The second-order valence-corrected chi connectivity index (χ2v) is 20.0. The SMILES string of the molecule is CCCCCC/C=C/C=C/C=C/CC(=O)SCCNC(=O)CCNC(=O)C(O)C(C)(C)COP(=O)(O)OP(=O)(O)OCC1OC(n2cnc3c(N)ncnc32)C(O)C1OP(=O)(O)O. The van der Waals surface area contributed by atoms with E-state index in [1.54, 1.807) is 12.2 Å². The molecule has 1 fully saturated rings. The molecule has 7 unspecified atom stereocenters. The molecule has 1 saturated heterocycles. The van der Waals surface area contributed by atoms with Gasteiger partial charge in [0, 0.05) is 37.1 Å². The number of phosphoric acid groups is 3. The smallest absolute Gasteiger partial charge is 0.386 e. The van der Waals surface area contributed by atoms with Crippen molar-refractivity contribution in [1.82, 2.24) is 30.2 Å². The summed E-state index contributed by atoms with van der Waals surface area (Å²) in [6.07, 6.45) is 10.5. The number of nitrogens with one attached hydrogen (secondary N) is 2. The highest BCUT2D eigenvalue weighted by Crippen LogP contribution is 2.61. The number of imidazole rings is 1. The Morgan fingerprint density at radius 1 is 0.984 bits per heavy atom. The van der Waals surface area contributed by atoms with Gasteiger partial charge in [-0.05, 0) is 12.8 Å². The van der Waals surface area contributed by atoms with Crippen molar-refractivity contribution < 1.29 is 80.5 Å². The molecule has 2 aromatic rings. The summed E-state index contributed by atoms with van der Waals surface area (Å²) >= 11 is 1.06. The molecule has 3 heterocycles. The highest BCUT2D eigenvalue weighted by molar-refractivity contribution is 8.13. The van der Waals surface area contributed by atoms with Gasteiger partial charge < -0.3 is 50.9 Å². The molecule has 1 aliphatic rings. The summed E-state index contributed by atoms with van der Waals surface area (Å²) in [4.78, 5) is 88.0. The summed E-state index contributed by atoms with van der Waals surface area (Å²) in [5.74, 6) is -1.13. The van der Waals surface area contributed by atoms with Gasteiger partial charge in [-0.15, -0.1) is 0 Å². The third-order valence-electron chi connectivity index (χ3n) is 8.88. The molecule has 0 spiro atoms. The number of carbonyl (C=O) groups is 3. The van der Waals surface area contributed by atoms with Crippen LogP contribution in [0.2, 0.25) is 0 Å². The Morgan fingerprint density at radius 3 is 2.38 bits per heavy atom. The van der Waals surface area contributed by atoms with Gasteiger partial charge in [-0.25, -0.2) is 28.6 Å². The maximum absolute atomic E-state index is 12.7. The average molecular weight is 972 g/mol. The van der Waals surface area contributed by atoms with Gasteiger partial charge in [0.1, 0.15) is 36.3 Å². The standard InChI is InChI=1S/C35H56N7O17P3S/c1-4-5-6-7-8-9-10-11-12-13-14-15-26(44)63-19-18-37-25(43)16-17-38-33(47)30(46)35(2,3)21-56-62(53,54)59-61(51,52)55-20-24-29(58-60(48,49)50)28(45)34(57-24)42-23-41-27-31(36)39-22-40-32(27)42/h9-14,22-24,28-30,34,45-46H,4-8,15-21H2,1-3H3,(H,37,43)(H,38,47)(H,51,52)(H,53,54)(H2,36,39,40)(H2,48,49,50)/b10-9+,12-11+,14-13+. The van der Waals surface area contributed by atoms with Crippen LogP contribution in [-0.2, 0) is 50.7 Å². The van der Waals surface area contributed by atoms with E-state index in [1.165, 1.54) is 39.5 Å². The summed E-state index contributed by atoms with van der Waals surface area (Å²) in [5, 5.41) is 26.4. The summed E-state index contributed by atoms with van der Waals surface area (Å²) in [5.41, 5.74) is 4.26. The molecule has 354 valence electrons. The van der Waals surface area contributed by atoms with E-state index >= 15 is 0 Å². The predicted molar refractivity (Wildman–Crippen MR) is 228 cm³/mol. The zero-order chi connectivity index (χ0) is 46.8. The summed E-state index contributed by atoms with van der Waals surface area (Å²) in [6.45, 7) is 2.65. The van der Waals surface area contributed by atoms with Crippen molar-refractivity contribution in [2.45, 2.75) is 96.4 Å². The van der Waals surface area contributed by atoms with Gasteiger partial charge in [0.25, 0.3) is 0 Å². The minimum Gasteiger partial charge on any atom is -0.386 e. The number of aliphatic hydroxyl groups excluding tert-OH is 2. The Kier molecular flexibility index (Phi) is 21.9. The van der Waals surface area contributed by atoms with E-state index in [-0.39, 0.29) is 48.0 Å². The molecule has 7 atom stereocenters. The molecule has 2 aromatic heterocycles. The van der Waals surface area contributed by atoms with Gasteiger partial charge in [-0.2, -0.15) is 4.31 Å². The number of hydrogen-bond acceptors (Lipinski definition) is 18. The van der Waals surface area contributed by atoms with E-state index in [9.17, 15) is 57.9 Å². The first kappa shape index (κ1) is 54.1. The molecule has 28 heteroatoms. The number of ether oxygens (including phenoxy) is 1. The number of aromatic nitrogens is 4. The topological polar surface area (TPSA) is 364 Å². The first-order valence-corrected chi connectivity index (χ1v) is 25.1. The van der Waals surface area contributed by atoms with Gasteiger partial charge in [0.05, 0.1) is 19.5 Å². The van der Waals surface area contributed by atoms with Crippen LogP contribution in [0.3, 0.4) is 0 Å².